The zero-order chi connectivity index (χ0) is 14.8. The molecule has 110 valence electrons. The highest BCUT2D eigenvalue weighted by Gasteiger charge is 2.20. The zero-order valence-electron chi connectivity index (χ0n) is 12.8. The maximum absolute atomic E-state index is 5.92. The first-order chi connectivity index (χ1) is 10.1. The monoisotopic (exact) mass is 283 g/mol. The first kappa shape index (κ1) is 14.0. The van der Waals surface area contributed by atoms with E-state index >= 15 is 0 Å². The molecule has 3 rings (SSSR count). The number of aryl methyl sites for hydroxylation is 2. The van der Waals surface area contributed by atoms with E-state index in [1.54, 1.807) is 0 Å². The summed E-state index contributed by atoms with van der Waals surface area (Å²) in [6, 6.07) is 8.71. The minimum atomic E-state index is 0.543. The Morgan fingerprint density at radius 1 is 1.05 bits per heavy atom. The summed E-state index contributed by atoms with van der Waals surface area (Å²) in [5.41, 5.74) is 4.43. The van der Waals surface area contributed by atoms with Crippen molar-refractivity contribution in [1.82, 2.24) is 15.5 Å². The van der Waals surface area contributed by atoms with Crippen molar-refractivity contribution >= 4 is 0 Å². The molecule has 1 heterocycles. The standard InChI is InChI=1S/C17H21N3O/c1-11-4-5-12(2)17(13(11)3)21-16-9-8-15(19-20-16)10-18-14-6-7-14/h4-5,8-9,14,18H,6-7,10H2,1-3H3. The average molecular weight is 283 g/mol. The highest BCUT2D eigenvalue weighted by molar-refractivity contribution is 5.46. The van der Waals surface area contributed by atoms with Crippen molar-refractivity contribution in [2.45, 2.75) is 46.2 Å². The molecule has 1 fully saturated rings. The van der Waals surface area contributed by atoms with Crippen molar-refractivity contribution in [3.63, 3.8) is 0 Å². The van der Waals surface area contributed by atoms with Gasteiger partial charge in [-0.15, -0.1) is 5.10 Å². The second-order valence-corrected chi connectivity index (χ2v) is 5.77. The molecule has 1 aromatic carbocycles. The first-order valence-electron chi connectivity index (χ1n) is 7.44. The predicted molar refractivity (Wildman–Crippen MR) is 82.6 cm³/mol. The predicted octanol–water partition coefficient (Wildman–Crippen LogP) is 3.45. The molecule has 1 aliphatic carbocycles. The number of benzene rings is 1. The van der Waals surface area contributed by atoms with Crippen molar-refractivity contribution in [1.29, 1.82) is 0 Å². The highest BCUT2D eigenvalue weighted by Crippen LogP contribution is 2.29. The average Bonchev–Trinajstić information content (AvgIpc) is 3.31. The van der Waals surface area contributed by atoms with Crippen molar-refractivity contribution in [3.8, 4) is 11.6 Å². The van der Waals surface area contributed by atoms with Gasteiger partial charge in [0.05, 0.1) is 5.69 Å². The van der Waals surface area contributed by atoms with E-state index in [1.165, 1.54) is 18.4 Å². The molecular formula is C17H21N3O. The van der Waals surface area contributed by atoms with Crippen molar-refractivity contribution in [2.75, 3.05) is 0 Å². The lowest BCUT2D eigenvalue weighted by molar-refractivity contribution is 0.446. The summed E-state index contributed by atoms with van der Waals surface area (Å²) in [6.07, 6.45) is 2.56. The topological polar surface area (TPSA) is 47.0 Å². The fraction of sp³-hybridized carbons (Fsp3) is 0.412. The lowest BCUT2D eigenvalue weighted by Gasteiger charge is -2.12. The second-order valence-electron chi connectivity index (χ2n) is 5.77. The van der Waals surface area contributed by atoms with Crippen LogP contribution in [0.2, 0.25) is 0 Å². The van der Waals surface area contributed by atoms with Gasteiger partial charge in [0.2, 0.25) is 5.88 Å². The first-order valence-corrected chi connectivity index (χ1v) is 7.44. The van der Waals surface area contributed by atoms with E-state index < -0.39 is 0 Å². The van der Waals surface area contributed by atoms with Crippen LogP contribution in [0.25, 0.3) is 0 Å². The van der Waals surface area contributed by atoms with Gasteiger partial charge in [-0.3, -0.25) is 0 Å². The third kappa shape index (κ3) is 3.39. The third-order valence-corrected chi connectivity index (χ3v) is 3.92. The maximum Gasteiger partial charge on any atom is 0.238 e. The molecule has 0 spiro atoms. The van der Waals surface area contributed by atoms with Crippen molar-refractivity contribution in [3.05, 3.63) is 46.6 Å². The van der Waals surface area contributed by atoms with Gasteiger partial charge in [-0.2, -0.15) is 5.10 Å². The van der Waals surface area contributed by atoms with Gasteiger partial charge in [-0.25, -0.2) is 0 Å². The van der Waals surface area contributed by atoms with Crippen LogP contribution in [-0.2, 0) is 6.54 Å². The van der Waals surface area contributed by atoms with Gasteiger partial charge in [0.15, 0.2) is 0 Å². The van der Waals surface area contributed by atoms with E-state index in [0.29, 0.717) is 11.9 Å². The summed E-state index contributed by atoms with van der Waals surface area (Å²) in [7, 11) is 0. The molecule has 2 aromatic rings. The summed E-state index contributed by atoms with van der Waals surface area (Å²) < 4.78 is 5.92. The van der Waals surface area contributed by atoms with E-state index in [2.05, 4.69) is 41.5 Å². The van der Waals surface area contributed by atoms with Gasteiger partial charge in [-0.1, -0.05) is 12.1 Å². The second kappa shape index (κ2) is 5.82. The zero-order valence-corrected chi connectivity index (χ0v) is 12.8. The molecule has 21 heavy (non-hydrogen) atoms. The number of hydrogen-bond acceptors (Lipinski definition) is 4. The van der Waals surface area contributed by atoms with Gasteiger partial charge in [-0.05, 0) is 56.4 Å². The number of ether oxygens (including phenoxy) is 1. The number of nitrogens with zero attached hydrogens (tertiary/aromatic N) is 2. The SMILES string of the molecule is Cc1ccc(C)c(Oc2ccc(CNC3CC3)nn2)c1C. The van der Waals surface area contributed by atoms with Crippen LogP contribution >= 0.6 is 0 Å². The number of nitrogens with one attached hydrogen (secondary N) is 1. The third-order valence-electron chi connectivity index (χ3n) is 3.92. The smallest absolute Gasteiger partial charge is 0.238 e. The van der Waals surface area contributed by atoms with Gasteiger partial charge < -0.3 is 10.1 Å². The molecule has 0 unspecified atom stereocenters. The molecule has 4 nitrogen and oxygen atoms in total. The van der Waals surface area contributed by atoms with Crippen LogP contribution in [-0.4, -0.2) is 16.2 Å². The van der Waals surface area contributed by atoms with E-state index in [0.717, 1.165) is 29.1 Å². The Morgan fingerprint density at radius 3 is 2.48 bits per heavy atom. The maximum atomic E-state index is 5.92. The summed E-state index contributed by atoms with van der Waals surface area (Å²) in [5, 5.41) is 11.8. The highest BCUT2D eigenvalue weighted by atomic mass is 16.5. The minimum Gasteiger partial charge on any atom is -0.437 e. The fourth-order valence-corrected chi connectivity index (χ4v) is 2.22. The van der Waals surface area contributed by atoms with Gasteiger partial charge >= 0.3 is 0 Å². The van der Waals surface area contributed by atoms with Gasteiger partial charge in [0.25, 0.3) is 0 Å². The molecule has 4 heteroatoms. The Labute approximate surface area is 125 Å². The van der Waals surface area contributed by atoms with Crippen molar-refractivity contribution < 1.29 is 4.74 Å². The molecule has 0 saturated heterocycles. The van der Waals surface area contributed by atoms with E-state index in [-0.39, 0.29) is 0 Å². The molecule has 1 aromatic heterocycles. The summed E-state index contributed by atoms with van der Waals surface area (Å²) >= 11 is 0. The Kier molecular flexibility index (Phi) is 3.88. The lowest BCUT2D eigenvalue weighted by atomic mass is 10.1. The number of hydrogen-bond donors (Lipinski definition) is 1. The molecule has 0 bridgehead atoms. The normalized spacial score (nSPS) is 14.2. The summed E-state index contributed by atoms with van der Waals surface area (Å²) in [6.45, 7) is 6.97. The Morgan fingerprint density at radius 2 is 1.81 bits per heavy atom. The fourth-order valence-electron chi connectivity index (χ4n) is 2.22. The Bertz CT molecular complexity index is 633. The number of aromatic nitrogens is 2. The van der Waals surface area contributed by atoms with Crippen LogP contribution in [0.5, 0.6) is 11.6 Å². The molecule has 1 N–H and O–H groups in total. The van der Waals surface area contributed by atoms with Crippen LogP contribution in [0.15, 0.2) is 24.3 Å². The minimum absolute atomic E-state index is 0.543. The van der Waals surface area contributed by atoms with Crippen LogP contribution in [0.3, 0.4) is 0 Å². The largest absolute Gasteiger partial charge is 0.437 e. The Hall–Kier alpha value is -1.94. The molecule has 0 radical (unpaired) electrons. The summed E-state index contributed by atoms with van der Waals surface area (Å²) in [4.78, 5) is 0. The van der Waals surface area contributed by atoms with Crippen molar-refractivity contribution in [2.24, 2.45) is 0 Å². The van der Waals surface area contributed by atoms with E-state index in [4.69, 9.17) is 4.74 Å². The van der Waals surface area contributed by atoms with E-state index in [9.17, 15) is 0 Å². The molecule has 0 atom stereocenters. The van der Waals surface area contributed by atoms with E-state index in [1.807, 2.05) is 19.1 Å². The van der Waals surface area contributed by atoms with Crippen LogP contribution in [0, 0.1) is 20.8 Å². The van der Waals surface area contributed by atoms with Gasteiger partial charge in [0, 0.05) is 18.7 Å². The van der Waals surface area contributed by atoms with Crippen LogP contribution < -0.4 is 10.1 Å². The molecule has 0 amide bonds. The molecule has 1 aliphatic rings. The van der Waals surface area contributed by atoms with Crippen LogP contribution in [0.4, 0.5) is 0 Å². The molecule has 1 saturated carbocycles. The number of rotatable bonds is 5. The summed E-state index contributed by atoms with van der Waals surface area (Å²) in [5.74, 6) is 1.43. The van der Waals surface area contributed by atoms with Gasteiger partial charge in [0.1, 0.15) is 5.75 Å². The lowest BCUT2D eigenvalue weighted by Crippen LogP contribution is -2.16. The Balaban J connectivity index is 1.71. The molecule has 0 aliphatic heterocycles. The molecular weight excluding hydrogens is 262 g/mol. The quantitative estimate of drug-likeness (QED) is 0.913. The van der Waals surface area contributed by atoms with Crippen LogP contribution in [0.1, 0.15) is 35.2 Å².